The highest BCUT2D eigenvalue weighted by Gasteiger charge is 2.17. The second-order valence-corrected chi connectivity index (χ2v) is 6.83. The maximum Gasteiger partial charge on any atom is 0.340 e. The third-order valence-corrected chi connectivity index (χ3v) is 4.97. The topological polar surface area (TPSA) is 65.7 Å². The minimum absolute atomic E-state index is 0.152. The van der Waals surface area contributed by atoms with E-state index in [4.69, 9.17) is 32.4 Å². The van der Waals surface area contributed by atoms with E-state index in [0.29, 0.717) is 10.9 Å². The van der Waals surface area contributed by atoms with Crippen molar-refractivity contribution in [1.29, 1.82) is 0 Å². The number of benzene rings is 2. The van der Waals surface area contributed by atoms with E-state index in [1.54, 1.807) is 19.1 Å². The molecule has 0 aliphatic rings. The van der Waals surface area contributed by atoms with E-state index in [1.165, 1.54) is 25.3 Å². The van der Waals surface area contributed by atoms with Gasteiger partial charge in [-0.05, 0) is 30.7 Å². The summed E-state index contributed by atoms with van der Waals surface area (Å²) in [5.41, 5.74) is 0.520. The molecule has 28 heavy (non-hydrogen) atoms. The van der Waals surface area contributed by atoms with Crippen LogP contribution in [0.2, 0.25) is 10.0 Å². The molecular formula is C20H15Cl2FO5. The number of rotatable bonds is 5. The average molecular weight is 425 g/mol. The van der Waals surface area contributed by atoms with Crippen LogP contribution in [0.4, 0.5) is 4.39 Å². The van der Waals surface area contributed by atoms with Crippen LogP contribution in [0.15, 0.2) is 39.5 Å². The van der Waals surface area contributed by atoms with Crippen LogP contribution in [-0.4, -0.2) is 13.1 Å². The quantitative estimate of drug-likeness (QED) is 0.432. The fourth-order valence-electron chi connectivity index (χ4n) is 2.74. The second kappa shape index (κ2) is 8.20. The molecule has 0 saturated carbocycles. The summed E-state index contributed by atoms with van der Waals surface area (Å²) in [5, 5.41) is 1.02. The van der Waals surface area contributed by atoms with Crippen molar-refractivity contribution in [2.24, 2.45) is 0 Å². The molecule has 1 heterocycles. The number of aryl methyl sites for hydroxylation is 1. The lowest BCUT2D eigenvalue weighted by atomic mass is 10.0. The van der Waals surface area contributed by atoms with Crippen LogP contribution < -0.4 is 10.4 Å². The van der Waals surface area contributed by atoms with E-state index in [0.717, 1.165) is 0 Å². The van der Waals surface area contributed by atoms with Crippen LogP contribution in [0, 0.1) is 12.7 Å². The zero-order valence-corrected chi connectivity index (χ0v) is 16.5. The Bertz CT molecular complexity index is 1100. The summed E-state index contributed by atoms with van der Waals surface area (Å²) in [6.07, 6.45) is -0.206. The first-order valence-corrected chi connectivity index (χ1v) is 8.95. The molecule has 0 atom stereocenters. The molecular weight excluding hydrogens is 410 g/mol. The number of halogens is 3. The van der Waals surface area contributed by atoms with E-state index >= 15 is 0 Å². The summed E-state index contributed by atoms with van der Waals surface area (Å²) < 4.78 is 29.4. The lowest BCUT2D eigenvalue weighted by Crippen LogP contribution is -2.16. The molecule has 0 unspecified atom stereocenters. The van der Waals surface area contributed by atoms with Gasteiger partial charge in [0.2, 0.25) is 0 Å². The Morgan fingerprint density at radius 3 is 2.61 bits per heavy atom. The maximum atomic E-state index is 13.9. The Kier molecular flexibility index (Phi) is 5.91. The first kappa shape index (κ1) is 20.2. The van der Waals surface area contributed by atoms with Gasteiger partial charge in [-0.25, -0.2) is 9.18 Å². The normalized spacial score (nSPS) is 10.9. The zero-order valence-electron chi connectivity index (χ0n) is 15.0. The Labute approximate surface area is 169 Å². The third kappa shape index (κ3) is 3.98. The second-order valence-electron chi connectivity index (χ2n) is 6.01. The highest BCUT2D eigenvalue weighted by molar-refractivity contribution is 6.33. The van der Waals surface area contributed by atoms with Crippen molar-refractivity contribution in [3.63, 3.8) is 0 Å². The standard InChI is InChI=1S/C20H15Cl2FO5/c1-10-11-6-15(22)18(27-9-13-14(21)4-3-5-16(13)23)8-17(11)28-20(25)12(10)7-19(24)26-2/h3-6,8H,7,9H2,1-2H3. The number of ether oxygens (including phenoxy) is 2. The fraction of sp³-hybridized carbons (Fsp3) is 0.200. The molecule has 3 rings (SSSR count). The van der Waals surface area contributed by atoms with E-state index in [1.807, 2.05) is 0 Å². The van der Waals surface area contributed by atoms with Crippen LogP contribution in [0.5, 0.6) is 5.75 Å². The molecule has 0 bridgehead atoms. The number of carbonyl (C=O) groups excluding carboxylic acids is 1. The minimum Gasteiger partial charge on any atom is -0.487 e. The number of esters is 1. The Balaban J connectivity index is 1.98. The summed E-state index contributed by atoms with van der Waals surface area (Å²) in [6.45, 7) is 1.54. The van der Waals surface area contributed by atoms with Crippen LogP contribution in [0.1, 0.15) is 16.7 Å². The molecule has 0 N–H and O–H groups in total. The fourth-order valence-corrected chi connectivity index (χ4v) is 3.18. The summed E-state index contributed by atoms with van der Waals surface area (Å²) in [6, 6.07) is 7.33. The molecule has 0 saturated heterocycles. The van der Waals surface area contributed by atoms with Crippen LogP contribution in [0.25, 0.3) is 11.0 Å². The summed E-state index contributed by atoms with van der Waals surface area (Å²) >= 11 is 12.3. The van der Waals surface area contributed by atoms with Gasteiger partial charge in [0.05, 0.1) is 29.1 Å². The molecule has 1 aromatic heterocycles. The SMILES string of the molecule is COC(=O)Cc1c(C)c2cc(Cl)c(OCc3c(F)cccc3Cl)cc2oc1=O. The molecule has 0 aliphatic heterocycles. The molecule has 0 radical (unpaired) electrons. The monoisotopic (exact) mass is 424 g/mol. The predicted molar refractivity (Wildman–Crippen MR) is 104 cm³/mol. The lowest BCUT2D eigenvalue weighted by Gasteiger charge is -2.12. The predicted octanol–water partition coefficient (Wildman–Crippen LogP) is 4.84. The van der Waals surface area contributed by atoms with Crippen molar-refractivity contribution in [3.05, 3.63) is 73.3 Å². The van der Waals surface area contributed by atoms with E-state index in [2.05, 4.69) is 4.74 Å². The molecule has 5 nitrogen and oxygen atoms in total. The van der Waals surface area contributed by atoms with Crippen molar-refractivity contribution in [2.45, 2.75) is 20.0 Å². The van der Waals surface area contributed by atoms with Crippen molar-refractivity contribution in [3.8, 4) is 5.75 Å². The largest absolute Gasteiger partial charge is 0.487 e. The lowest BCUT2D eigenvalue weighted by molar-refractivity contribution is -0.139. The molecule has 0 amide bonds. The first-order valence-electron chi connectivity index (χ1n) is 8.20. The molecule has 0 fully saturated rings. The Morgan fingerprint density at radius 1 is 1.18 bits per heavy atom. The van der Waals surface area contributed by atoms with E-state index < -0.39 is 17.4 Å². The van der Waals surface area contributed by atoms with Gasteiger partial charge in [0.25, 0.3) is 0 Å². The molecule has 3 aromatic rings. The highest BCUT2D eigenvalue weighted by atomic mass is 35.5. The van der Waals surface area contributed by atoms with Gasteiger partial charge in [-0.3, -0.25) is 4.79 Å². The van der Waals surface area contributed by atoms with Gasteiger partial charge < -0.3 is 13.9 Å². The molecule has 2 aromatic carbocycles. The average Bonchev–Trinajstić information content (AvgIpc) is 2.65. The van der Waals surface area contributed by atoms with Gasteiger partial charge in [-0.2, -0.15) is 0 Å². The molecule has 146 valence electrons. The number of fused-ring (bicyclic) bond motifs is 1. The first-order chi connectivity index (χ1) is 13.3. The smallest absolute Gasteiger partial charge is 0.340 e. The number of carbonyl (C=O) groups is 1. The van der Waals surface area contributed by atoms with Gasteiger partial charge in [-0.1, -0.05) is 29.3 Å². The van der Waals surface area contributed by atoms with Crippen LogP contribution in [0.3, 0.4) is 0 Å². The van der Waals surface area contributed by atoms with Crippen LogP contribution >= 0.6 is 23.2 Å². The molecule has 0 aliphatic carbocycles. The van der Waals surface area contributed by atoms with Crippen molar-refractivity contribution < 1.29 is 23.1 Å². The minimum atomic E-state index is -0.652. The number of hydrogen-bond acceptors (Lipinski definition) is 5. The summed E-state index contributed by atoms with van der Waals surface area (Å²) in [5.74, 6) is -0.849. The van der Waals surface area contributed by atoms with Crippen molar-refractivity contribution >= 4 is 40.1 Å². The molecule has 8 heteroatoms. The Hall–Kier alpha value is -2.57. The maximum absolute atomic E-state index is 13.9. The third-order valence-electron chi connectivity index (χ3n) is 4.32. The molecule has 0 spiro atoms. The van der Waals surface area contributed by atoms with E-state index in [9.17, 15) is 14.0 Å². The van der Waals surface area contributed by atoms with Crippen molar-refractivity contribution in [2.75, 3.05) is 7.11 Å². The van der Waals surface area contributed by atoms with Gasteiger partial charge in [0.15, 0.2) is 0 Å². The van der Waals surface area contributed by atoms with E-state index in [-0.39, 0.29) is 45.5 Å². The van der Waals surface area contributed by atoms with Crippen molar-refractivity contribution in [1.82, 2.24) is 0 Å². The highest BCUT2D eigenvalue weighted by Crippen LogP contribution is 2.33. The summed E-state index contributed by atoms with van der Waals surface area (Å²) in [7, 11) is 1.24. The van der Waals surface area contributed by atoms with Gasteiger partial charge in [0.1, 0.15) is 23.8 Å². The zero-order chi connectivity index (χ0) is 20.4. The number of methoxy groups -OCH3 is 1. The van der Waals surface area contributed by atoms with Gasteiger partial charge in [-0.15, -0.1) is 0 Å². The Morgan fingerprint density at radius 2 is 1.93 bits per heavy atom. The summed E-state index contributed by atoms with van der Waals surface area (Å²) in [4.78, 5) is 23.8. The number of hydrogen-bond donors (Lipinski definition) is 0. The van der Waals surface area contributed by atoms with Gasteiger partial charge in [0, 0.05) is 17.0 Å². The van der Waals surface area contributed by atoms with Crippen LogP contribution in [-0.2, 0) is 22.6 Å². The van der Waals surface area contributed by atoms with Gasteiger partial charge >= 0.3 is 11.6 Å².